The number of hydrogen-bond acceptors (Lipinski definition) is 2. The Labute approximate surface area is 101 Å². The van der Waals surface area contributed by atoms with Gasteiger partial charge in [-0.3, -0.25) is 0 Å². The predicted octanol–water partition coefficient (Wildman–Crippen LogP) is 3.64. The van der Waals surface area contributed by atoms with Gasteiger partial charge in [0.15, 0.2) is 0 Å². The number of aromatic hydroxyl groups is 2. The summed E-state index contributed by atoms with van der Waals surface area (Å²) in [4.78, 5) is 0. The highest BCUT2D eigenvalue weighted by molar-refractivity contribution is 5.38. The van der Waals surface area contributed by atoms with Crippen LogP contribution in [-0.2, 0) is 0 Å². The molecule has 0 aliphatic heterocycles. The summed E-state index contributed by atoms with van der Waals surface area (Å²) in [5, 5.41) is 18.8. The Kier molecular flexibility index (Phi) is 3.33. The monoisotopic (exact) mass is 228 g/mol. The molecule has 0 aromatic heterocycles. The van der Waals surface area contributed by atoms with Crippen LogP contribution in [0.3, 0.4) is 0 Å². The Morgan fingerprint density at radius 1 is 0.882 bits per heavy atom. The molecule has 0 aliphatic rings. The number of phenolic OH excluding ortho intramolecular Hbond substituents is 2. The Hall–Kier alpha value is -1.96. The van der Waals surface area contributed by atoms with Crippen LogP contribution in [0.1, 0.15) is 30.4 Å². The molecule has 2 heteroatoms. The van der Waals surface area contributed by atoms with Crippen molar-refractivity contribution in [2.24, 2.45) is 0 Å². The van der Waals surface area contributed by atoms with Crippen molar-refractivity contribution >= 4 is 0 Å². The maximum absolute atomic E-state index is 9.51. The van der Waals surface area contributed by atoms with Crippen LogP contribution >= 0.6 is 0 Å². The highest BCUT2D eigenvalue weighted by atomic mass is 16.3. The number of rotatable bonds is 3. The predicted molar refractivity (Wildman–Crippen MR) is 68.3 cm³/mol. The Bertz CT molecular complexity index is 489. The maximum Gasteiger partial charge on any atom is 0.115 e. The Balaban J connectivity index is 2.36. The molecule has 0 fully saturated rings. The fourth-order valence-electron chi connectivity index (χ4n) is 2.11. The van der Waals surface area contributed by atoms with Gasteiger partial charge in [0.1, 0.15) is 11.5 Å². The highest BCUT2D eigenvalue weighted by Gasteiger charge is 2.12. The second kappa shape index (κ2) is 4.91. The van der Waals surface area contributed by atoms with Crippen molar-refractivity contribution < 1.29 is 10.2 Å². The summed E-state index contributed by atoms with van der Waals surface area (Å²) in [6.07, 6.45) is 0.953. The van der Waals surface area contributed by atoms with Crippen molar-refractivity contribution in [3.8, 4) is 11.5 Å². The van der Waals surface area contributed by atoms with Crippen LogP contribution in [0.25, 0.3) is 0 Å². The molecule has 2 aromatic carbocycles. The normalized spacial score (nSPS) is 12.3. The summed E-state index contributed by atoms with van der Waals surface area (Å²) in [5.74, 6) is 0.821. The maximum atomic E-state index is 9.51. The van der Waals surface area contributed by atoms with Gasteiger partial charge in [-0.2, -0.15) is 0 Å². The molecule has 0 heterocycles. The van der Waals surface area contributed by atoms with E-state index in [4.69, 9.17) is 0 Å². The molecule has 2 N–H and O–H groups in total. The first-order valence-corrected chi connectivity index (χ1v) is 5.78. The van der Waals surface area contributed by atoms with Crippen LogP contribution < -0.4 is 0 Å². The fourth-order valence-corrected chi connectivity index (χ4v) is 2.11. The van der Waals surface area contributed by atoms with Crippen LogP contribution in [-0.4, -0.2) is 10.2 Å². The van der Waals surface area contributed by atoms with Gasteiger partial charge in [0.25, 0.3) is 0 Å². The van der Waals surface area contributed by atoms with Gasteiger partial charge in [0.05, 0.1) is 0 Å². The largest absolute Gasteiger partial charge is 0.508 e. The number of hydrogen-bond donors (Lipinski definition) is 2. The first kappa shape index (κ1) is 11.5. The third-order valence-corrected chi connectivity index (χ3v) is 2.98. The molecular weight excluding hydrogens is 212 g/mol. The quantitative estimate of drug-likeness (QED) is 0.842. The number of phenols is 2. The molecule has 1 unspecified atom stereocenters. The molecule has 2 nitrogen and oxygen atoms in total. The van der Waals surface area contributed by atoms with Crippen molar-refractivity contribution in [3.05, 3.63) is 59.7 Å². The first-order chi connectivity index (χ1) is 8.20. The van der Waals surface area contributed by atoms with E-state index < -0.39 is 0 Å². The summed E-state index contributed by atoms with van der Waals surface area (Å²) in [6.45, 7) is 2.11. The Morgan fingerprint density at radius 3 is 2.18 bits per heavy atom. The molecule has 0 saturated carbocycles. The van der Waals surface area contributed by atoms with Crippen molar-refractivity contribution in [1.82, 2.24) is 0 Å². The van der Waals surface area contributed by atoms with Gasteiger partial charge < -0.3 is 10.2 Å². The topological polar surface area (TPSA) is 40.5 Å². The molecule has 0 saturated heterocycles. The lowest BCUT2D eigenvalue weighted by Gasteiger charge is -2.16. The molecule has 0 amide bonds. The summed E-state index contributed by atoms with van der Waals surface area (Å²) in [7, 11) is 0. The van der Waals surface area contributed by atoms with Gasteiger partial charge in [-0.05, 0) is 41.8 Å². The first-order valence-electron chi connectivity index (χ1n) is 5.78. The molecule has 0 bridgehead atoms. The zero-order valence-corrected chi connectivity index (χ0v) is 9.80. The van der Waals surface area contributed by atoms with Crippen LogP contribution in [0.5, 0.6) is 11.5 Å². The van der Waals surface area contributed by atoms with E-state index in [2.05, 4.69) is 6.92 Å². The third-order valence-electron chi connectivity index (χ3n) is 2.98. The van der Waals surface area contributed by atoms with Gasteiger partial charge in [-0.25, -0.2) is 0 Å². The van der Waals surface area contributed by atoms with Gasteiger partial charge in [0.2, 0.25) is 0 Å². The summed E-state index contributed by atoms with van der Waals surface area (Å²) >= 11 is 0. The van der Waals surface area contributed by atoms with E-state index >= 15 is 0 Å². The second-order valence-corrected chi connectivity index (χ2v) is 4.15. The summed E-state index contributed by atoms with van der Waals surface area (Å²) in [6, 6.07) is 14.6. The third kappa shape index (κ3) is 2.59. The lowest BCUT2D eigenvalue weighted by atomic mass is 9.89. The highest BCUT2D eigenvalue weighted by Crippen LogP contribution is 2.30. The van der Waals surface area contributed by atoms with Gasteiger partial charge >= 0.3 is 0 Å². The standard InChI is InChI=1S/C15H16O2/c1-2-15(11-6-8-13(16)9-7-11)12-4-3-5-14(17)10-12/h3-10,15-17H,2H2,1H3. The van der Waals surface area contributed by atoms with Gasteiger partial charge in [-0.1, -0.05) is 31.2 Å². The molecule has 17 heavy (non-hydrogen) atoms. The average molecular weight is 228 g/mol. The molecule has 0 aliphatic carbocycles. The van der Waals surface area contributed by atoms with E-state index in [-0.39, 0.29) is 11.7 Å². The molecule has 0 spiro atoms. The van der Waals surface area contributed by atoms with E-state index in [0.29, 0.717) is 5.75 Å². The van der Waals surface area contributed by atoms with Crippen molar-refractivity contribution in [2.45, 2.75) is 19.3 Å². The van der Waals surface area contributed by atoms with Gasteiger partial charge in [0, 0.05) is 5.92 Å². The molecule has 0 radical (unpaired) electrons. The molecule has 2 aromatic rings. The number of benzene rings is 2. The molecule has 88 valence electrons. The zero-order chi connectivity index (χ0) is 12.3. The van der Waals surface area contributed by atoms with Gasteiger partial charge in [-0.15, -0.1) is 0 Å². The van der Waals surface area contributed by atoms with E-state index in [9.17, 15) is 10.2 Å². The minimum absolute atomic E-state index is 0.252. The molecular formula is C15H16O2. The minimum Gasteiger partial charge on any atom is -0.508 e. The summed E-state index contributed by atoms with van der Waals surface area (Å²) in [5.41, 5.74) is 2.24. The molecule has 2 rings (SSSR count). The van der Waals surface area contributed by atoms with Crippen molar-refractivity contribution in [2.75, 3.05) is 0 Å². The van der Waals surface area contributed by atoms with Crippen molar-refractivity contribution in [1.29, 1.82) is 0 Å². The van der Waals surface area contributed by atoms with Crippen LogP contribution in [0, 0.1) is 0 Å². The van der Waals surface area contributed by atoms with Crippen LogP contribution in [0.2, 0.25) is 0 Å². The zero-order valence-electron chi connectivity index (χ0n) is 9.80. The second-order valence-electron chi connectivity index (χ2n) is 4.15. The fraction of sp³-hybridized carbons (Fsp3) is 0.200. The smallest absolute Gasteiger partial charge is 0.115 e. The average Bonchev–Trinajstić information content (AvgIpc) is 2.33. The minimum atomic E-state index is 0.252. The SMILES string of the molecule is CCC(c1ccc(O)cc1)c1cccc(O)c1. The Morgan fingerprint density at radius 2 is 1.59 bits per heavy atom. The lowest BCUT2D eigenvalue weighted by molar-refractivity contribution is 0.473. The van der Waals surface area contributed by atoms with Crippen molar-refractivity contribution in [3.63, 3.8) is 0 Å². The lowest BCUT2D eigenvalue weighted by Crippen LogP contribution is -1.99. The molecule has 1 atom stereocenters. The van der Waals surface area contributed by atoms with E-state index in [1.54, 1.807) is 24.3 Å². The van der Waals surface area contributed by atoms with E-state index in [1.807, 2.05) is 24.3 Å². The summed E-state index contributed by atoms with van der Waals surface area (Å²) < 4.78 is 0. The van der Waals surface area contributed by atoms with E-state index in [0.717, 1.165) is 17.5 Å². The van der Waals surface area contributed by atoms with Crippen LogP contribution in [0.4, 0.5) is 0 Å². The van der Waals surface area contributed by atoms with E-state index in [1.165, 1.54) is 0 Å². The van der Waals surface area contributed by atoms with Crippen LogP contribution in [0.15, 0.2) is 48.5 Å².